The van der Waals surface area contributed by atoms with E-state index in [2.05, 4.69) is 47.5 Å². The number of fused-ring (bicyclic) bond motifs is 1. The lowest BCUT2D eigenvalue weighted by Crippen LogP contribution is -2.55. The SMILES string of the molecule is Cc1ccccc1[C@@H]1c2ccsc2CCN1CCC(=O)N1CCN(S(=O)(=O)c2ccc(Cl)cc2)[C@H](C)C1. The Hall–Kier alpha value is -2.23. The van der Waals surface area contributed by atoms with Gasteiger partial charge in [-0.15, -0.1) is 11.3 Å². The molecular weight excluding hydrogens is 526 g/mol. The van der Waals surface area contributed by atoms with Crippen LogP contribution in [0.3, 0.4) is 0 Å². The van der Waals surface area contributed by atoms with Gasteiger partial charge in [0.05, 0.1) is 10.9 Å². The van der Waals surface area contributed by atoms with Gasteiger partial charge >= 0.3 is 0 Å². The number of halogens is 1. The Balaban J connectivity index is 1.24. The Kier molecular flexibility index (Phi) is 7.75. The fourth-order valence-electron chi connectivity index (χ4n) is 5.53. The van der Waals surface area contributed by atoms with Gasteiger partial charge in [0, 0.05) is 55.1 Å². The standard InChI is InChI=1S/C28H32ClN3O3S2/c1-20-5-3-4-6-24(20)28-25-13-18-36-26(25)11-14-30(28)15-12-27(33)31-16-17-32(21(2)19-31)37(34,35)23-9-7-22(29)8-10-23/h3-10,13,18,21,28H,11-12,14-17,19H2,1-2H3/t21-,28-/m1/s1. The topological polar surface area (TPSA) is 60.9 Å². The van der Waals surface area contributed by atoms with Crippen LogP contribution >= 0.6 is 22.9 Å². The van der Waals surface area contributed by atoms with Crippen molar-refractivity contribution < 1.29 is 13.2 Å². The average molecular weight is 558 g/mol. The molecule has 0 N–H and O–H groups in total. The fraction of sp³-hybridized carbons (Fsp3) is 0.393. The van der Waals surface area contributed by atoms with E-state index in [0.29, 0.717) is 31.1 Å². The number of carbonyl (C=O) groups is 1. The van der Waals surface area contributed by atoms with Crippen LogP contribution in [0.2, 0.25) is 5.02 Å². The van der Waals surface area contributed by atoms with E-state index in [1.54, 1.807) is 12.1 Å². The molecule has 1 saturated heterocycles. The molecule has 0 bridgehead atoms. The van der Waals surface area contributed by atoms with Crippen molar-refractivity contribution in [3.63, 3.8) is 0 Å². The van der Waals surface area contributed by atoms with Crippen LogP contribution in [0.15, 0.2) is 64.9 Å². The van der Waals surface area contributed by atoms with Gasteiger partial charge in [-0.3, -0.25) is 9.69 Å². The molecule has 0 saturated carbocycles. The first-order valence-electron chi connectivity index (χ1n) is 12.7. The van der Waals surface area contributed by atoms with Crippen LogP contribution in [0.25, 0.3) is 0 Å². The van der Waals surface area contributed by atoms with Crippen LogP contribution < -0.4 is 0 Å². The molecule has 0 spiro atoms. The largest absolute Gasteiger partial charge is 0.340 e. The maximum Gasteiger partial charge on any atom is 0.243 e. The molecule has 3 aromatic rings. The zero-order chi connectivity index (χ0) is 26.2. The van der Waals surface area contributed by atoms with E-state index in [4.69, 9.17) is 11.6 Å². The third-order valence-corrected chi connectivity index (χ3v) is 10.8. The molecule has 0 radical (unpaired) electrons. The van der Waals surface area contributed by atoms with E-state index in [9.17, 15) is 13.2 Å². The van der Waals surface area contributed by atoms with Gasteiger partial charge in [0.1, 0.15) is 0 Å². The Bertz CT molecular complexity index is 1370. The number of thiophene rings is 1. The molecule has 2 aliphatic rings. The molecule has 1 aromatic heterocycles. The van der Waals surface area contributed by atoms with E-state index < -0.39 is 10.0 Å². The maximum atomic E-state index is 13.3. The molecule has 0 aliphatic carbocycles. The van der Waals surface area contributed by atoms with Gasteiger partial charge < -0.3 is 4.90 Å². The molecule has 37 heavy (non-hydrogen) atoms. The predicted octanol–water partition coefficient (Wildman–Crippen LogP) is 4.97. The summed E-state index contributed by atoms with van der Waals surface area (Å²) in [5, 5.41) is 2.67. The summed E-state index contributed by atoms with van der Waals surface area (Å²) < 4.78 is 27.8. The van der Waals surface area contributed by atoms with E-state index >= 15 is 0 Å². The third-order valence-electron chi connectivity index (χ3n) is 7.50. The summed E-state index contributed by atoms with van der Waals surface area (Å²) in [6, 6.07) is 16.8. The number of carbonyl (C=O) groups excluding carboxylic acids is 1. The first-order chi connectivity index (χ1) is 17.8. The summed E-state index contributed by atoms with van der Waals surface area (Å²) in [7, 11) is -3.64. The van der Waals surface area contributed by atoms with Crippen molar-refractivity contribution in [2.24, 2.45) is 0 Å². The number of sulfonamides is 1. The van der Waals surface area contributed by atoms with E-state index in [0.717, 1.165) is 13.0 Å². The van der Waals surface area contributed by atoms with E-state index in [1.807, 2.05) is 23.2 Å². The number of rotatable bonds is 6. The quantitative estimate of drug-likeness (QED) is 0.429. The second-order valence-electron chi connectivity index (χ2n) is 9.85. The third kappa shape index (κ3) is 5.36. The van der Waals surface area contributed by atoms with Crippen LogP contribution in [0, 0.1) is 6.92 Å². The Morgan fingerprint density at radius 3 is 2.51 bits per heavy atom. The zero-order valence-corrected chi connectivity index (χ0v) is 23.5. The minimum atomic E-state index is -3.64. The second kappa shape index (κ2) is 10.9. The highest BCUT2D eigenvalue weighted by Crippen LogP contribution is 2.39. The predicted molar refractivity (Wildman–Crippen MR) is 149 cm³/mol. The smallest absolute Gasteiger partial charge is 0.243 e. The molecule has 2 aromatic carbocycles. The Morgan fingerprint density at radius 2 is 1.78 bits per heavy atom. The van der Waals surface area contributed by atoms with Crippen molar-refractivity contribution in [2.75, 3.05) is 32.7 Å². The number of aryl methyl sites for hydroxylation is 1. The fourth-order valence-corrected chi connectivity index (χ4v) is 8.17. The van der Waals surface area contributed by atoms with E-state index in [-0.39, 0.29) is 29.4 Å². The lowest BCUT2D eigenvalue weighted by molar-refractivity contribution is -0.133. The highest BCUT2D eigenvalue weighted by atomic mass is 35.5. The van der Waals surface area contributed by atoms with Gasteiger partial charge in [-0.2, -0.15) is 4.31 Å². The number of hydrogen-bond donors (Lipinski definition) is 0. The number of piperazine rings is 1. The summed E-state index contributed by atoms with van der Waals surface area (Å²) in [6.45, 7) is 6.68. The molecule has 2 aliphatic heterocycles. The summed E-state index contributed by atoms with van der Waals surface area (Å²) >= 11 is 7.75. The monoisotopic (exact) mass is 557 g/mol. The average Bonchev–Trinajstić information content (AvgIpc) is 3.36. The molecule has 9 heteroatoms. The number of hydrogen-bond acceptors (Lipinski definition) is 5. The first-order valence-corrected chi connectivity index (χ1v) is 15.4. The molecule has 1 fully saturated rings. The number of amides is 1. The second-order valence-corrected chi connectivity index (χ2v) is 13.2. The normalized spacial score (nSPS) is 21.1. The van der Waals surface area contributed by atoms with Crippen LogP contribution in [0.4, 0.5) is 0 Å². The van der Waals surface area contributed by atoms with Gasteiger partial charge in [-0.05, 0) is 72.7 Å². The summed E-state index contributed by atoms with van der Waals surface area (Å²) in [5.41, 5.74) is 3.91. The lowest BCUT2D eigenvalue weighted by atomic mass is 9.90. The van der Waals surface area contributed by atoms with Crippen LogP contribution in [0.1, 0.15) is 41.0 Å². The lowest BCUT2D eigenvalue weighted by Gasteiger charge is -2.40. The van der Waals surface area contributed by atoms with Crippen molar-refractivity contribution in [3.8, 4) is 0 Å². The van der Waals surface area contributed by atoms with Crippen molar-refractivity contribution >= 4 is 38.9 Å². The molecular formula is C28H32ClN3O3S2. The highest BCUT2D eigenvalue weighted by molar-refractivity contribution is 7.89. The molecule has 3 heterocycles. The van der Waals surface area contributed by atoms with Crippen molar-refractivity contribution in [2.45, 2.75) is 43.7 Å². The molecule has 196 valence electrons. The number of nitrogens with zero attached hydrogens (tertiary/aromatic N) is 3. The molecule has 1 amide bonds. The summed E-state index contributed by atoms with van der Waals surface area (Å²) in [4.78, 5) is 19.2. The Morgan fingerprint density at radius 1 is 1.03 bits per heavy atom. The summed E-state index contributed by atoms with van der Waals surface area (Å²) in [6.07, 6.45) is 1.42. The first kappa shape index (κ1) is 26.4. The van der Waals surface area contributed by atoms with Gasteiger partial charge in [-0.1, -0.05) is 35.9 Å². The Labute approximate surface area is 228 Å². The minimum absolute atomic E-state index is 0.0787. The van der Waals surface area contributed by atoms with Gasteiger partial charge in [-0.25, -0.2) is 8.42 Å². The minimum Gasteiger partial charge on any atom is -0.340 e. The molecule has 0 unspecified atom stereocenters. The van der Waals surface area contributed by atoms with Gasteiger partial charge in [0.2, 0.25) is 15.9 Å². The maximum absolute atomic E-state index is 13.3. The van der Waals surface area contributed by atoms with Crippen LogP contribution in [-0.4, -0.2) is 67.2 Å². The van der Waals surface area contributed by atoms with Crippen molar-refractivity contribution in [1.82, 2.24) is 14.1 Å². The summed E-state index contributed by atoms with van der Waals surface area (Å²) in [5.74, 6) is 0.0787. The number of benzene rings is 2. The van der Waals surface area contributed by atoms with Crippen LogP contribution in [-0.2, 0) is 21.2 Å². The van der Waals surface area contributed by atoms with Crippen LogP contribution in [0.5, 0.6) is 0 Å². The highest BCUT2D eigenvalue weighted by Gasteiger charge is 2.36. The molecule has 5 rings (SSSR count). The van der Waals surface area contributed by atoms with Gasteiger partial charge in [0.15, 0.2) is 0 Å². The molecule has 2 atom stereocenters. The van der Waals surface area contributed by atoms with Gasteiger partial charge in [0.25, 0.3) is 0 Å². The van der Waals surface area contributed by atoms with Crippen molar-refractivity contribution in [3.05, 3.63) is 86.6 Å². The van der Waals surface area contributed by atoms with Crippen molar-refractivity contribution in [1.29, 1.82) is 0 Å². The van der Waals surface area contributed by atoms with E-state index in [1.165, 1.54) is 38.0 Å². The zero-order valence-electron chi connectivity index (χ0n) is 21.1. The molecule has 6 nitrogen and oxygen atoms in total.